The lowest BCUT2D eigenvalue weighted by molar-refractivity contribution is 0.0940. The quantitative estimate of drug-likeness (QED) is 0.423. The Labute approximate surface area is 182 Å². The fourth-order valence-electron chi connectivity index (χ4n) is 2.91. The summed E-state index contributed by atoms with van der Waals surface area (Å²) in [5, 5.41) is 31.9. The third-order valence-corrected chi connectivity index (χ3v) is 4.59. The third kappa shape index (κ3) is 5.91. The van der Waals surface area contributed by atoms with E-state index in [9.17, 15) is 29.3 Å². The zero-order chi connectivity index (χ0) is 23.1. The van der Waals surface area contributed by atoms with Crippen molar-refractivity contribution in [2.24, 2.45) is 0 Å². The van der Waals surface area contributed by atoms with Crippen LogP contribution in [0.2, 0.25) is 0 Å². The van der Waals surface area contributed by atoms with Crippen LogP contribution in [0.15, 0.2) is 54.6 Å². The van der Waals surface area contributed by atoms with Crippen molar-refractivity contribution in [2.45, 2.75) is 19.5 Å². The van der Waals surface area contributed by atoms with Gasteiger partial charge in [0.05, 0.1) is 0 Å². The highest BCUT2D eigenvalue weighted by atomic mass is 19.1. The zero-order valence-electron chi connectivity index (χ0n) is 16.9. The summed E-state index contributed by atoms with van der Waals surface area (Å²) in [6.45, 7) is 0.193. The van der Waals surface area contributed by atoms with Crippen LogP contribution < -0.4 is 5.32 Å². The van der Waals surface area contributed by atoms with Crippen molar-refractivity contribution < 1.29 is 29.3 Å². The van der Waals surface area contributed by atoms with Crippen LogP contribution in [0.25, 0.3) is 0 Å². The molecule has 10 heteroatoms. The van der Waals surface area contributed by atoms with Gasteiger partial charge in [0.25, 0.3) is 11.8 Å². The van der Waals surface area contributed by atoms with Crippen molar-refractivity contribution in [3.8, 4) is 11.6 Å². The van der Waals surface area contributed by atoms with E-state index < -0.39 is 35.1 Å². The van der Waals surface area contributed by atoms with Crippen LogP contribution in [-0.4, -0.2) is 48.7 Å². The molecule has 2 amide bonds. The molecule has 4 N–H and O–H groups in total. The molecule has 0 saturated heterocycles. The first-order chi connectivity index (χ1) is 15.3. The number of nitrogens with zero attached hydrogens (tertiary/aromatic N) is 3. The van der Waals surface area contributed by atoms with Crippen LogP contribution in [0.5, 0.6) is 11.6 Å². The first-order valence-corrected chi connectivity index (χ1v) is 9.66. The van der Waals surface area contributed by atoms with Crippen LogP contribution in [-0.2, 0) is 19.5 Å². The smallest absolute Gasteiger partial charge is 0.407 e. The fraction of sp³-hybridized carbons (Fsp3) is 0.182. The van der Waals surface area contributed by atoms with Crippen LogP contribution in [0.4, 0.5) is 9.18 Å². The number of rotatable bonds is 8. The lowest BCUT2D eigenvalue weighted by atomic mass is 10.2. The first-order valence-electron chi connectivity index (χ1n) is 9.66. The second-order valence-corrected chi connectivity index (χ2v) is 6.91. The van der Waals surface area contributed by atoms with Gasteiger partial charge in [0.1, 0.15) is 11.6 Å². The van der Waals surface area contributed by atoms with Gasteiger partial charge in [-0.1, -0.05) is 42.5 Å². The molecule has 3 rings (SSSR count). The van der Waals surface area contributed by atoms with Gasteiger partial charge >= 0.3 is 6.09 Å². The molecule has 1 heterocycles. The lowest BCUT2D eigenvalue weighted by Crippen LogP contribution is -2.31. The predicted octanol–water partition coefficient (Wildman–Crippen LogP) is 2.68. The zero-order valence-corrected chi connectivity index (χ0v) is 16.9. The topological polar surface area (TPSA) is 136 Å². The summed E-state index contributed by atoms with van der Waals surface area (Å²) in [4.78, 5) is 32.9. The summed E-state index contributed by atoms with van der Waals surface area (Å²) in [7, 11) is 0. The lowest BCUT2D eigenvalue weighted by Gasteiger charge is -2.19. The van der Waals surface area contributed by atoms with E-state index in [-0.39, 0.29) is 31.9 Å². The second-order valence-electron chi connectivity index (χ2n) is 6.91. The number of carboxylic acid groups (broad SMARTS) is 1. The molecule has 0 unspecified atom stereocenters. The monoisotopic (exact) mass is 440 g/mol. The summed E-state index contributed by atoms with van der Waals surface area (Å²) < 4.78 is 13.0. The maximum Gasteiger partial charge on any atom is 0.407 e. The fourth-order valence-corrected chi connectivity index (χ4v) is 2.91. The van der Waals surface area contributed by atoms with Crippen LogP contribution in [0.3, 0.4) is 0 Å². The molecule has 9 nitrogen and oxygen atoms in total. The van der Waals surface area contributed by atoms with Gasteiger partial charge in [0.2, 0.25) is 5.75 Å². The van der Waals surface area contributed by atoms with Gasteiger partial charge in [0, 0.05) is 26.1 Å². The molecule has 0 aliphatic rings. The Morgan fingerprint density at radius 1 is 0.969 bits per heavy atom. The van der Waals surface area contributed by atoms with Crippen LogP contribution in [0.1, 0.15) is 27.4 Å². The number of amides is 2. The molecule has 0 spiro atoms. The van der Waals surface area contributed by atoms with Crippen molar-refractivity contribution >= 4 is 12.0 Å². The Balaban J connectivity index is 1.68. The maximum absolute atomic E-state index is 13.0. The predicted molar refractivity (Wildman–Crippen MR) is 112 cm³/mol. The number of nitrogens with one attached hydrogen (secondary N) is 1. The Hall–Kier alpha value is -4.21. The van der Waals surface area contributed by atoms with Gasteiger partial charge in [-0.3, -0.25) is 4.79 Å². The first kappa shape index (κ1) is 22.5. The van der Waals surface area contributed by atoms with Crippen LogP contribution in [0, 0.1) is 5.82 Å². The molecule has 166 valence electrons. The van der Waals surface area contributed by atoms with E-state index in [4.69, 9.17) is 0 Å². The Kier molecular flexibility index (Phi) is 7.17. The average Bonchev–Trinajstić information content (AvgIpc) is 2.78. The SMILES string of the molecule is O=C(NCc1ccc(F)cc1)c1nc(CCN(Cc2ccccc2)C(=O)O)nc(O)c1O. The molecule has 0 aliphatic carbocycles. The Morgan fingerprint density at radius 2 is 1.66 bits per heavy atom. The molecule has 0 aliphatic heterocycles. The molecule has 0 bridgehead atoms. The number of halogens is 1. The van der Waals surface area contributed by atoms with E-state index in [2.05, 4.69) is 15.3 Å². The molecule has 0 fully saturated rings. The number of benzene rings is 2. The summed E-state index contributed by atoms with van der Waals surface area (Å²) in [6, 6.07) is 14.5. The van der Waals surface area contributed by atoms with Crippen molar-refractivity contribution in [3.05, 3.63) is 83.1 Å². The molecular formula is C22H21FN4O5. The number of hydrogen-bond donors (Lipinski definition) is 4. The highest BCUT2D eigenvalue weighted by molar-refractivity contribution is 5.95. The number of aromatic nitrogens is 2. The molecular weight excluding hydrogens is 419 g/mol. The van der Waals surface area contributed by atoms with E-state index in [0.29, 0.717) is 5.56 Å². The van der Waals surface area contributed by atoms with Crippen molar-refractivity contribution in [1.82, 2.24) is 20.2 Å². The average molecular weight is 440 g/mol. The molecule has 0 saturated carbocycles. The number of carbonyl (C=O) groups is 2. The van der Waals surface area contributed by atoms with E-state index >= 15 is 0 Å². The minimum absolute atomic E-state index is 0.00504. The van der Waals surface area contributed by atoms with Gasteiger partial charge in [0.15, 0.2) is 5.69 Å². The molecule has 32 heavy (non-hydrogen) atoms. The maximum atomic E-state index is 13.0. The number of aromatic hydroxyl groups is 2. The molecule has 1 aromatic heterocycles. The van der Waals surface area contributed by atoms with E-state index in [1.165, 1.54) is 24.3 Å². The summed E-state index contributed by atoms with van der Waals surface area (Å²) in [6.07, 6.45) is -1.14. The molecule has 3 aromatic rings. The highest BCUT2D eigenvalue weighted by Crippen LogP contribution is 2.25. The third-order valence-electron chi connectivity index (χ3n) is 4.59. The minimum Gasteiger partial charge on any atom is -0.501 e. The Bertz CT molecular complexity index is 1090. The van der Waals surface area contributed by atoms with Gasteiger partial charge in [-0.05, 0) is 23.3 Å². The normalized spacial score (nSPS) is 10.5. The van der Waals surface area contributed by atoms with E-state index in [1.807, 2.05) is 6.07 Å². The summed E-state index contributed by atoms with van der Waals surface area (Å²) >= 11 is 0. The van der Waals surface area contributed by atoms with Crippen molar-refractivity contribution in [3.63, 3.8) is 0 Å². The number of carbonyl (C=O) groups excluding carboxylic acids is 1. The van der Waals surface area contributed by atoms with Crippen molar-refractivity contribution in [1.29, 1.82) is 0 Å². The number of hydrogen-bond acceptors (Lipinski definition) is 6. The summed E-state index contributed by atoms with van der Waals surface area (Å²) in [5.74, 6) is -2.76. The summed E-state index contributed by atoms with van der Waals surface area (Å²) in [5.41, 5.74) is 0.973. The van der Waals surface area contributed by atoms with Gasteiger partial charge < -0.3 is 25.5 Å². The van der Waals surface area contributed by atoms with Gasteiger partial charge in [-0.25, -0.2) is 14.2 Å². The largest absolute Gasteiger partial charge is 0.501 e. The standard InChI is InChI=1S/C22H21FN4O5/c23-16-8-6-14(7-9-16)12-24-20(29)18-19(28)21(30)26-17(25-18)10-11-27(22(31)32)13-15-4-2-1-3-5-15/h1-9,28H,10-13H2,(H,24,29)(H,31,32)(H,25,26,30). The van der Waals surface area contributed by atoms with E-state index in [1.54, 1.807) is 24.3 Å². The van der Waals surface area contributed by atoms with E-state index in [0.717, 1.165) is 10.5 Å². The van der Waals surface area contributed by atoms with Crippen LogP contribution >= 0.6 is 0 Å². The Morgan fingerprint density at radius 3 is 2.31 bits per heavy atom. The molecule has 0 radical (unpaired) electrons. The molecule has 2 aromatic carbocycles. The van der Waals surface area contributed by atoms with Gasteiger partial charge in [-0.2, -0.15) is 4.98 Å². The van der Waals surface area contributed by atoms with Crippen molar-refractivity contribution in [2.75, 3.05) is 6.54 Å². The minimum atomic E-state index is -1.14. The van der Waals surface area contributed by atoms with Gasteiger partial charge in [-0.15, -0.1) is 0 Å². The second kappa shape index (κ2) is 10.2. The molecule has 0 atom stereocenters. The highest BCUT2D eigenvalue weighted by Gasteiger charge is 2.21.